The molecule has 0 unspecified atom stereocenters. The lowest BCUT2D eigenvalue weighted by molar-refractivity contribution is 0.450. The molecule has 2 heteroatoms. The van der Waals surface area contributed by atoms with E-state index >= 15 is 0 Å². The van der Waals surface area contributed by atoms with E-state index in [1.165, 1.54) is 6.07 Å². The van der Waals surface area contributed by atoms with Crippen LogP contribution in [-0.2, 0) is 0 Å². The summed E-state index contributed by atoms with van der Waals surface area (Å²) in [6.45, 7) is 1.80. The molecule has 0 aliphatic heterocycles. The van der Waals surface area contributed by atoms with Gasteiger partial charge in [-0.05, 0) is 24.6 Å². The van der Waals surface area contributed by atoms with E-state index in [9.17, 15) is 0 Å². The predicted octanol–water partition coefficient (Wildman–Crippen LogP) is 1.65. The summed E-state index contributed by atoms with van der Waals surface area (Å²) in [4.78, 5) is 0. The number of phenolic OH excluding ortho intramolecular Hbond substituents is 2. The van der Waals surface area contributed by atoms with Crippen molar-refractivity contribution >= 4 is 0 Å². The predicted molar refractivity (Wildman–Crippen MR) is 36.6 cm³/mol. The Bertz CT molecular complexity index is 172. The molecule has 0 bridgehead atoms. The van der Waals surface area contributed by atoms with Gasteiger partial charge in [0.2, 0.25) is 0 Å². The zero-order valence-corrected chi connectivity index (χ0v) is 5.13. The highest BCUT2D eigenvalue weighted by molar-refractivity contribution is 5.35. The van der Waals surface area contributed by atoms with Gasteiger partial charge in [0.1, 0.15) is 11.5 Å². The van der Waals surface area contributed by atoms with Crippen LogP contribution in [0.5, 0.6) is 11.5 Å². The van der Waals surface area contributed by atoms with Crippen LogP contribution in [0.4, 0.5) is 0 Å². The number of hydrogen-bond donors (Lipinski definition) is 2. The molecule has 2 N–H and O–H groups in total. The fraction of sp³-hybridized carbons (Fsp3) is 0.143. The van der Waals surface area contributed by atoms with Gasteiger partial charge >= 0.3 is 0 Å². The van der Waals surface area contributed by atoms with Crippen LogP contribution in [0, 0.1) is 6.92 Å². The van der Waals surface area contributed by atoms with Crippen LogP contribution in [0.15, 0.2) is 18.2 Å². The normalized spacial score (nSPS) is 9.44. The molecule has 0 spiro atoms. The minimum absolute atomic E-state index is 0. The molecule has 50 valence electrons. The zero-order chi connectivity index (χ0) is 6.85. The van der Waals surface area contributed by atoms with Crippen LogP contribution < -0.4 is 0 Å². The second-order valence-corrected chi connectivity index (χ2v) is 2.03. The molecule has 0 aliphatic rings. The highest BCUT2D eigenvalue weighted by atomic mass is 16.3. The lowest BCUT2D eigenvalue weighted by atomic mass is 10.2. The van der Waals surface area contributed by atoms with Crippen LogP contribution in [0.2, 0.25) is 0 Å². The van der Waals surface area contributed by atoms with Crippen molar-refractivity contribution in [2.45, 2.75) is 6.92 Å². The van der Waals surface area contributed by atoms with Crippen LogP contribution >= 0.6 is 0 Å². The number of hydrogen-bond acceptors (Lipinski definition) is 2. The Balaban J connectivity index is 0.000000810. The van der Waals surface area contributed by atoms with Gasteiger partial charge in [-0.1, -0.05) is 0 Å². The van der Waals surface area contributed by atoms with Crippen molar-refractivity contribution in [3.63, 3.8) is 0 Å². The molecule has 1 rings (SSSR count). The van der Waals surface area contributed by atoms with E-state index in [0.29, 0.717) is 0 Å². The zero-order valence-electron chi connectivity index (χ0n) is 5.13. The first-order chi connectivity index (χ1) is 4.18. The molecule has 1 aromatic rings. The maximum absolute atomic E-state index is 8.83. The Morgan fingerprint density at radius 2 is 1.56 bits per heavy atom. The van der Waals surface area contributed by atoms with Crippen molar-refractivity contribution in [2.75, 3.05) is 0 Å². The molecule has 0 amide bonds. The molecule has 0 aliphatic carbocycles. The molecule has 0 saturated heterocycles. The summed E-state index contributed by atoms with van der Waals surface area (Å²) in [6, 6.07) is 4.46. The second-order valence-electron chi connectivity index (χ2n) is 2.03. The van der Waals surface area contributed by atoms with Gasteiger partial charge in [-0.25, -0.2) is 0 Å². The SMILES string of the molecule is Cc1cc(O)cc(O)c1.[HH]. The Morgan fingerprint density at radius 3 is 1.89 bits per heavy atom. The van der Waals surface area contributed by atoms with E-state index in [1.54, 1.807) is 19.1 Å². The van der Waals surface area contributed by atoms with Crippen LogP contribution in [0.1, 0.15) is 6.99 Å². The number of benzene rings is 1. The van der Waals surface area contributed by atoms with Crippen molar-refractivity contribution in [3.8, 4) is 11.5 Å². The summed E-state index contributed by atoms with van der Waals surface area (Å²) in [7, 11) is 0. The molecule has 1 aromatic carbocycles. The van der Waals surface area contributed by atoms with E-state index in [1.807, 2.05) is 0 Å². The first-order valence-corrected chi connectivity index (χ1v) is 2.68. The van der Waals surface area contributed by atoms with Gasteiger partial charge in [-0.2, -0.15) is 0 Å². The minimum atomic E-state index is 0. The van der Waals surface area contributed by atoms with Crippen LogP contribution in [0.25, 0.3) is 0 Å². The summed E-state index contributed by atoms with van der Waals surface area (Å²) in [5, 5.41) is 17.7. The fourth-order valence-electron chi connectivity index (χ4n) is 0.743. The summed E-state index contributed by atoms with van der Waals surface area (Å²) in [5.74, 6) is 0.208. The van der Waals surface area contributed by atoms with Crippen molar-refractivity contribution in [1.82, 2.24) is 0 Å². The van der Waals surface area contributed by atoms with E-state index < -0.39 is 0 Å². The summed E-state index contributed by atoms with van der Waals surface area (Å²) < 4.78 is 0. The maximum atomic E-state index is 8.83. The standard InChI is InChI=1S/C7H8O2.H2/c1-5-2-6(8)4-7(9)3-5;/h2-4,8-9H,1H3;1H. The van der Waals surface area contributed by atoms with Crippen molar-refractivity contribution < 1.29 is 11.6 Å². The average Bonchev–Trinajstić information content (AvgIpc) is 1.59. The number of aromatic hydroxyl groups is 2. The summed E-state index contributed by atoms with van der Waals surface area (Å²) in [6.07, 6.45) is 0. The van der Waals surface area contributed by atoms with Gasteiger partial charge in [-0.3, -0.25) is 0 Å². The van der Waals surface area contributed by atoms with Crippen molar-refractivity contribution in [2.24, 2.45) is 0 Å². The Morgan fingerprint density at radius 1 is 1.11 bits per heavy atom. The van der Waals surface area contributed by atoms with Gasteiger partial charge in [0.25, 0.3) is 0 Å². The van der Waals surface area contributed by atoms with E-state index in [-0.39, 0.29) is 12.9 Å². The van der Waals surface area contributed by atoms with E-state index in [2.05, 4.69) is 0 Å². The minimum Gasteiger partial charge on any atom is -0.508 e. The van der Waals surface area contributed by atoms with Crippen LogP contribution in [0.3, 0.4) is 0 Å². The Kier molecular flexibility index (Phi) is 1.30. The van der Waals surface area contributed by atoms with E-state index in [4.69, 9.17) is 10.2 Å². The van der Waals surface area contributed by atoms with Gasteiger partial charge in [0.15, 0.2) is 0 Å². The number of rotatable bonds is 0. The van der Waals surface area contributed by atoms with Gasteiger partial charge in [-0.15, -0.1) is 0 Å². The molecular weight excluding hydrogens is 116 g/mol. The molecule has 0 fully saturated rings. The first-order valence-electron chi connectivity index (χ1n) is 2.68. The molecule has 0 heterocycles. The Hall–Kier alpha value is -1.18. The highest BCUT2D eigenvalue weighted by Crippen LogP contribution is 2.18. The molecular formula is C7H10O2. The average molecular weight is 126 g/mol. The maximum Gasteiger partial charge on any atom is 0.119 e. The van der Waals surface area contributed by atoms with Crippen molar-refractivity contribution in [3.05, 3.63) is 23.8 Å². The van der Waals surface area contributed by atoms with Gasteiger partial charge < -0.3 is 10.2 Å². The van der Waals surface area contributed by atoms with Crippen molar-refractivity contribution in [1.29, 1.82) is 0 Å². The Labute approximate surface area is 54.9 Å². The topological polar surface area (TPSA) is 40.5 Å². The van der Waals surface area contributed by atoms with E-state index in [0.717, 1.165) is 5.56 Å². The third kappa shape index (κ3) is 1.35. The van der Waals surface area contributed by atoms with Gasteiger partial charge in [0.05, 0.1) is 0 Å². The number of aryl methyl sites for hydroxylation is 1. The molecule has 0 aromatic heterocycles. The molecule has 9 heavy (non-hydrogen) atoms. The first kappa shape index (κ1) is 5.95. The quantitative estimate of drug-likeness (QED) is 0.555. The molecule has 0 saturated carbocycles. The smallest absolute Gasteiger partial charge is 0.119 e. The van der Waals surface area contributed by atoms with Gasteiger partial charge in [0, 0.05) is 7.49 Å². The largest absolute Gasteiger partial charge is 0.508 e. The lowest BCUT2D eigenvalue weighted by Gasteiger charge is -1.94. The number of phenols is 2. The molecule has 2 nitrogen and oxygen atoms in total. The molecule has 0 radical (unpaired) electrons. The summed E-state index contributed by atoms with van der Waals surface area (Å²) in [5.41, 5.74) is 0.854. The third-order valence-corrected chi connectivity index (χ3v) is 1.05. The highest BCUT2D eigenvalue weighted by Gasteiger charge is 1.91. The van der Waals surface area contributed by atoms with Crippen LogP contribution in [-0.4, -0.2) is 10.2 Å². The fourth-order valence-corrected chi connectivity index (χ4v) is 0.743. The lowest BCUT2D eigenvalue weighted by Crippen LogP contribution is -1.70. The second kappa shape index (κ2) is 1.97. The summed E-state index contributed by atoms with van der Waals surface area (Å²) >= 11 is 0. The molecule has 0 atom stereocenters. The monoisotopic (exact) mass is 126 g/mol. The third-order valence-electron chi connectivity index (χ3n) is 1.05.